The second-order valence-electron chi connectivity index (χ2n) is 4.75. The summed E-state index contributed by atoms with van der Waals surface area (Å²) in [5, 5.41) is 0. The molecule has 13 heavy (non-hydrogen) atoms. The molecule has 0 aromatic carbocycles. The van der Waals surface area contributed by atoms with Crippen LogP contribution in [0.4, 0.5) is 0 Å². The highest BCUT2D eigenvalue weighted by Crippen LogP contribution is 2.45. The predicted molar refractivity (Wildman–Crippen MR) is 50.0 cm³/mol. The summed E-state index contributed by atoms with van der Waals surface area (Å²) in [6.07, 6.45) is 1.46. The normalized spacial score (nSPS) is 29.4. The van der Waals surface area contributed by atoms with Crippen LogP contribution in [0, 0.1) is 12.3 Å². The molecule has 1 aliphatic heterocycles. The van der Waals surface area contributed by atoms with Crippen LogP contribution in [0.3, 0.4) is 0 Å². The van der Waals surface area contributed by atoms with Gasteiger partial charge in [0.2, 0.25) is 0 Å². The number of hydrogen-bond acceptors (Lipinski definition) is 3. The average molecular weight is 203 g/mol. The van der Waals surface area contributed by atoms with Crippen molar-refractivity contribution in [3.05, 3.63) is 6.92 Å². The Hall–Kier alpha value is -0.0900. The first-order valence-corrected chi connectivity index (χ1v) is 6.18. The van der Waals surface area contributed by atoms with E-state index in [1.54, 1.807) is 0 Å². The number of ether oxygens (including phenoxy) is 1. The molecule has 1 radical (unpaired) electrons. The lowest BCUT2D eigenvalue weighted by Gasteiger charge is -2.38. The van der Waals surface area contributed by atoms with E-state index in [4.69, 9.17) is 4.74 Å². The molecule has 2 fully saturated rings. The molecule has 4 heteroatoms. The molecule has 0 bridgehead atoms. The maximum Gasteiger partial charge on any atom is 0.156 e. The molecule has 1 saturated carbocycles. The summed E-state index contributed by atoms with van der Waals surface area (Å²) < 4.78 is 28.0. The molecule has 1 saturated heterocycles. The zero-order valence-electron chi connectivity index (χ0n) is 7.88. The van der Waals surface area contributed by atoms with Gasteiger partial charge in [-0.05, 0) is 19.8 Å². The van der Waals surface area contributed by atoms with E-state index in [1.807, 2.05) is 6.92 Å². The lowest BCUT2D eigenvalue weighted by molar-refractivity contribution is -0.0870. The Labute approximate surface area is 79.4 Å². The lowest BCUT2D eigenvalue weighted by atomic mass is 9.92. The second-order valence-corrected chi connectivity index (χ2v) is 7.13. The van der Waals surface area contributed by atoms with E-state index < -0.39 is 14.6 Å². The van der Waals surface area contributed by atoms with Gasteiger partial charge in [-0.25, -0.2) is 8.42 Å². The van der Waals surface area contributed by atoms with Gasteiger partial charge in [0.1, 0.15) is 0 Å². The largest absolute Gasteiger partial charge is 0.380 e. The summed E-state index contributed by atoms with van der Waals surface area (Å²) in [6, 6.07) is 0. The molecule has 0 aromatic heterocycles. The van der Waals surface area contributed by atoms with Gasteiger partial charge in [0.25, 0.3) is 0 Å². The maximum atomic E-state index is 11.8. The molecule has 0 amide bonds. The molecule has 2 rings (SSSR count). The van der Waals surface area contributed by atoms with E-state index in [0.717, 1.165) is 12.8 Å². The van der Waals surface area contributed by atoms with Gasteiger partial charge in [-0.3, -0.25) is 0 Å². The molecule has 75 valence electrons. The zero-order valence-corrected chi connectivity index (χ0v) is 8.69. The SMILES string of the molecule is [CH2]C1(S(=O)(=O)CC2(C)COC2)CC1. The van der Waals surface area contributed by atoms with Crippen molar-refractivity contribution in [1.29, 1.82) is 0 Å². The van der Waals surface area contributed by atoms with Crippen LogP contribution in [0.2, 0.25) is 0 Å². The molecule has 2 aliphatic rings. The third kappa shape index (κ3) is 1.50. The van der Waals surface area contributed by atoms with Gasteiger partial charge in [-0.1, -0.05) is 6.92 Å². The first kappa shape index (κ1) is 9.46. The molecular formula is C9H15O3S. The summed E-state index contributed by atoms with van der Waals surface area (Å²) >= 11 is 0. The van der Waals surface area contributed by atoms with Crippen molar-refractivity contribution in [3.8, 4) is 0 Å². The highest BCUT2D eigenvalue weighted by Gasteiger charge is 2.53. The Morgan fingerprint density at radius 1 is 1.38 bits per heavy atom. The number of hydrogen-bond donors (Lipinski definition) is 0. The monoisotopic (exact) mass is 203 g/mol. The Morgan fingerprint density at radius 3 is 2.23 bits per heavy atom. The van der Waals surface area contributed by atoms with Crippen molar-refractivity contribution in [1.82, 2.24) is 0 Å². The summed E-state index contributed by atoms with van der Waals surface area (Å²) in [5.74, 6) is 0.240. The van der Waals surface area contributed by atoms with Gasteiger partial charge >= 0.3 is 0 Å². The number of rotatable bonds is 3. The summed E-state index contributed by atoms with van der Waals surface area (Å²) in [4.78, 5) is 0. The first-order chi connectivity index (χ1) is 5.87. The van der Waals surface area contributed by atoms with Crippen molar-refractivity contribution >= 4 is 9.84 Å². The Bertz CT molecular complexity index is 310. The van der Waals surface area contributed by atoms with Crippen molar-refractivity contribution in [3.63, 3.8) is 0 Å². The minimum absolute atomic E-state index is 0.147. The van der Waals surface area contributed by atoms with Gasteiger partial charge in [0.15, 0.2) is 9.84 Å². The van der Waals surface area contributed by atoms with Crippen molar-refractivity contribution in [2.45, 2.75) is 24.5 Å². The predicted octanol–water partition coefficient (Wildman–Crippen LogP) is 0.804. The summed E-state index contributed by atoms with van der Waals surface area (Å²) in [6.45, 7) is 6.87. The summed E-state index contributed by atoms with van der Waals surface area (Å²) in [7, 11) is -3.00. The van der Waals surface area contributed by atoms with Gasteiger partial charge in [-0.15, -0.1) is 0 Å². The Kier molecular flexibility index (Phi) is 1.81. The molecule has 0 N–H and O–H groups in total. The molecule has 0 aromatic rings. The standard InChI is InChI=1S/C9H15O3S/c1-8(5-12-6-8)7-13(10,11)9(2)3-4-9/h2-7H2,1H3. The average Bonchev–Trinajstić information content (AvgIpc) is 2.65. The zero-order chi connectivity index (χ0) is 9.74. The Morgan fingerprint density at radius 2 is 1.92 bits per heavy atom. The minimum atomic E-state index is -3.00. The van der Waals surface area contributed by atoms with Crippen LogP contribution in [0.1, 0.15) is 19.8 Å². The van der Waals surface area contributed by atoms with Gasteiger partial charge in [-0.2, -0.15) is 0 Å². The van der Waals surface area contributed by atoms with Crippen LogP contribution >= 0.6 is 0 Å². The third-order valence-electron chi connectivity index (χ3n) is 2.91. The quantitative estimate of drug-likeness (QED) is 0.681. The van der Waals surface area contributed by atoms with Crippen LogP contribution in [0.25, 0.3) is 0 Å². The molecule has 0 spiro atoms. The summed E-state index contributed by atoms with van der Waals surface area (Å²) in [5.41, 5.74) is -0.147. The first-order valence-electron chi connectivity index (χ1n) is 4.52. The fourth-order valence-corrected chi connectivity index (χ4v) is 3.71. The van der Waals surface area contributed by atoms with Crippen LogP contribution < -0.4 is 0 Å². The Balaban J connectivity index is 2.09. The molecule has 1 heterocycles. The number of sulfone groups is 1. The van der Waals surface area contributed by atoms with Crippen molar-refractivity contribution < 1.29 is 13.2 Å². The third-order valence-corrected chi connectivity index (χ3v) is 5.71. The maximum absolute atomic E-state index is 11.8. The molecule has 0 atom stereocenters. The fraction of sp³-hybridized carbons (Fsp3) is 0.889. The van der Waals surface area contributed by atoms with Gasteiger partial charge < -0.3 is 4.74 Å². The van der Waals surface area contributed by atoms with E-state index in [2.05, 4.69) is 6.92 Å². The fourth-order valence-electron chi connectivity index (χ4n) is 1.60. The van der Waals surface area contributed by atoms with Crippen LogP contribution in [0.15, 0.2) is 0 Å². The highest BCUT2D eigenvalue weighted by atomic mass is 32.2. The van der Waals surface area contributed by atoms with Crippen molar-refractivity contribution in [2.24, 2.45) is 5.41 Å². The highest BCUT2D eigenvalue weighted by molar-refractivity contribution is 7.93. The van der Waals surface area contributed by atoms with Crippen LogP contribution in [0.5, 0.6) is 0 Å². The molecule has 0 unspecified atom stereocenters. The van der Waals surface area contributed by atoms with E-state index in [0.29, 0.717) is 13.2 Å². The van der Waals surface area contributed by atoms with Crippen LogP contribution in [-0.2, 0) is 14.6 Å². The molecular weight excluding hydrogens is 188 g/mol. The second kappa shape index (κ2) is 2.48. The minimum Gasteiger partial charge on any atom is -0.380 e. The van der Waals surface area contributed by atoms with Crippen LogP contribution in [-0.4, -0.2) is 32.1 Å². The molecule has 3 nitrogen and oxygen atoms in total. The van der Waals surface area contributed by atoms with E-state index in [9.17, 15) is 8.42 Å². The topological polar surface area (TPSA) is 43.4 Å². The van der Waals surface area contributed by atoms with Gasteiger partial charge in [0.05, 0.1) is 23.7 Å². The van der Waals surface area contributed by atoms with E-state index in [1.165, 1.54) is 0 Å². The van der Waals surface area contributed by atoms with Gasteiger partial charge in [0, 0.05) is 5.41 Å². The van der Waals surface area contributed by atoms with Crippen molar-refractivity contribution in [2.75, 3.05) is 19.0 Å². The lowest BCUT2D eigenvalue weighted by Crippen LogP contribution is -2.47. The smallest absolute Gasteiger partial charge is 0.156 e. The van der Waals surface area contributed by atoms with E-state index in [-0.39, 0.29) is 11.2 Å². The van der Waals surface area contributed by atoms with E-state index >= 15 is 0 Å². The molecule has 1 aliphatic carbocycles.